The Bertz CT molecular complexity index is 555. The summed E-state index contributed by atoms with van der Waals surface area (Å²) in [7, 11) is -3.41. The van der Waals surface area contributed by atoms with Crippen molar-refractivity contribution in [2.24, 2.45) is 11.7 Å². The van der Waals surface area contributed by atoms with Crippen LogP contribution >= 0.6 is 0 Å². The average molecular weight is 282 g/mol. The maximum Gasteiger partial charge on any atom is 0.240 e. The summed E-state index contributed by atoms with van der Waals surface area (Å²) < 4.78 is 27.4. The number of benzene rings is 1. The van der Waals surface area contributed by atoms with Gasteiger partial charge in [-0.3, -0.25) is 0 Å². The predicted molar refractivity (Wildman–Crippen MR) is 76.2 cm³/mol. The zero-order chi connectivity index (χ0) is 14.0. The van der Waals surface area contributed by atoms with E-state index in [1.54, 1.807) is 18.2 Å². The number of hydrogen-bond donors (Lipinski definition) is 2. The molecule has 0 saturated heterocycles. The third-order valence-electron chi connectivity index (χ3n) is 3.86. The van der Waals surface area contributed by atoms with Gasteiger partial charge >= 0.3 is 0 Å². The second kappa shape index (κ2) is 5.61. The number of hydrogen-bond acceptors (Lipinski definition) is 3. The van der Waals surface area contributed by atoms with Crippen LogP contribution in [0.3, 0.4) is 0 Å². The summed E-state index contributed by atoms with van der Waals surface area (Å²) in [5, 5.41) is 0. The summed E-state index contributed by atoms with van der Waals surface area (Å²) >= 11 is 0. The van der Waals surface area contributed by atoms with Gasteiger partial charge in [0.15, 0.2) is 0 Å². The first-order valence-electron chi connectivity index (χ1n) is 6.74. The summed E-state index contributed by atoms with van der Waals surface area (Å²) in [6.07, 6.45) is 2.96. The van der Waals surface area contributed by atoms with E-state index in [0.29, 0.717) is 17.4 Å². The molecular weight excluding hydrogens is 260 g/mol. The van der Waals surface area contributed by atoms with Gasteiger partial charge in [-0.2, -0.15) is 0 Å². The Kier molecular flexibility index (Phi) is 4.28. The Labute approximate surface area is 115 Å². The summed E-state index contributed by atoms with van der Waals surface area (Å²) in [6, 6.07) is 5.20. The molecule has 1 aromatic carbocycles. The van der Waals surface area contributed by atoms with Gasteiger partial charge in [-0.05, 0) is 55.4 Å². The van der Waals surface area contributed by atoms with Crippen molar-refractivity contribution in [1.82, 2.24) is 4.72 Å². The monoisotopic (exact) mass is 282 g/mol. The van der Waals surface area contributed by atoms with Crippen LogP contribution in [0.5, 0.6) is 0 Å². The fraction of sp³-hybridized carbons (Fsp3) is 0.571. The first-order chi connectivity index (χ1) is 8.92. The van der Waals surface area contributed by atoms with E-state index in [1.165, 1.54) is 0 Å². The van der Waals surface area contributed by atoms with Crippen molar-refractivity contribution in [2.45, 2.75) is 50.6 Å². The van der Waals surface area contributed by atoms with Crippen LogP contribution in [-0.2, 0) is 16.6 Å². The molecular formula is C14H22N2O2S. The number of nitrogens with one attached hydrogen (secondary N) is 1. The molecule has 0 radical (unpaired) electrons. The molecule has 1 aromatic rings. The highest BCUT2D eigenvalue weighted by molar-refractivity contribution is 7.89. The van der Waals surface area contributed by atoms with Crippen LogP contribution in [-0.4, -0.2) is 14.5 Å². The second-order valence-electron chi connectivity index (χ2n) is 5.53. The van der Waals surface area contributed by atoms with E-state index in [0.717, 1.165) is 30.4 Å². The first kappa shape index (κ1) is 14.5. The highest BCUT2D eigenvalue weighted by atomic mass is 32.2. The molecule has 2 unspecified atom stereocenters. The molecule has 5 heteroatoms. The van der Waals surface area contributed by atoms with Crippen LogP contribution in [0.2, 0.25) is 0 Å². The van der Waals surface area contributed by atoms with Gasteiger partial charge in [-0.1, -0.05) is 13.0 Å². The average Bonchev–Trinajstić information content (AvgIpc) is 2.73. The molecule has 1 aliphatic carbocycles. The molecule has 0 aliphatic heterocycles. The zero-order valence-corrected chi connectivity index (χ0v) is 12.3. The molecule has 0 amide bonds. The minimum atomic E-state index is -3.41. The summed E-state index contributed by atoms with van der Waals surface area (Å²) in [5.74, 6) is 0.606. The minimum Gasteiger partial charge on any atom is -0.326 e. The van der Waals surface area contributed by atoms with Crippen LogP contribution < -0.4 is 10.5 Å². The number of aryl methyl sites for hydroxylation is 1. The van der Waals surface area contributed by atoms with Crippen LogP contribution in [0.1, 0.15) is 37.3 Å². The van der Waals surface area contributed by atoms with Crippen molar-refractivity contribution in [1.29, 1.82) is 0 Å². The molecule has 1 aliphatic rings. The molecule has 0 bridgehead atoms. The van der Waals surface area contributed by atoms with Gasteiger partial charge in [0.2, 0.25) is 10.0 Å². The molecule has 3 N–H and O–H groups in total. The first-order valence-corrected chi connectivity index (χ1v) is 8.22. The standard InChI is InChI=1S/C14H22N2O2S/c1-10-3-5-13(7-10)16-19(17,18)14-6-4-12(9-15)11(2)8-14/h4,6,8,10,13,16H,3,5,7,9,15H2,1-2H3. The lowest BCUT2D eigenvalue weighted by atomic mass is 10.1. The van der Waals surface area contributed by atoms with Crippen molar-refractivity contribution >= 4 is 10.0 Å². The van der Waals surface area contributed by atoms with E-state index in [1.807, 2.05) is 6.92 Å². The van der Waals surface area contributed by atoms with E-state index in [4.69, 9.17) is 5.73 Å². The van der Waals surface area contributed by atoms with Gasteiger partial charge < -0.3 is 5.73 Å². The largest absolute Gasteiger partial charge is 0.326 e. The fourth-order valence-electron chi connectivity index (χ4n) is 2.67. The highest BCUT2D eigenvalue weighted by Crippen LogP contribution is 2.26. The van der Waals surface area contributed by atoms with Gasteiger partial charge in [0.1, 0.15) is 0 Å². The molecule has 4 nitrogen and oxygen atoms in total. The Morgan fingerprint density at radius 1 is 1.37 bits per heavy atom. The van der Waals surface area contributed by atoms with Gasteiger partial charge in [-0.25, -0.2) is 13.1 Å². The third kappa shape index (κ3) is 3.35. The molecule has 19 heavy (non-hydrogen) atoms. The van der Waals surface area contributed by atoms with E-state index >= 15 is 0 Å². The lowest BCUT2D eigenvalue weighted by molar-refractivity contribution is 0.538. The molecule has 1 fully saturated rings. The van der Waals surface area contributed by atoms with Crippen LogP contribution in [0.25, 0.3) is 0 Å². The van der Waals surface area contributed by atoms with E-state index in [2.05, 4.69) is 11.6 Å². The molecule has 106 valence electrons. The van der Waals surface area contributed by atoms with Gasteiger partial charge in [-0.15, -0.1) is 0 Å². The number of sulfonamides is 1. The Hall–Kier alpha value is -0.910. The van der Waals surface area contributed by atoms with Gasteiger partial charge in [0.25, 0.3) is 0 Å². The summed E-state index contributed by atoms with van der Waals surface area (Å²) in [6.45, 7) is 4.48. The SMILES string of the molecule is Cc1cc(S(=O)(=O)NC2CCC(C)C2)ccc1CN. The lowest BCUT2D eigenvalue weighted by Crippen LogP contribution is -2.33. The van der Waals surface area contributed by atoms with Crippen LogP contribution in [0.4, 0.5) is 0 Å². The molecule has 0 spiro atoms. The summed E-state index contributed by atoms with van der Waals surface area (Å²) in [4.78, 5) is 0.335. The van der Waals surface area contributed by atoms with Crippen molar-refractivity contribution < 1.29 is 8.42 Å². The minimum absolute atomic E-state index is 0.0782. The normalized spacial score (nSPS) is 23.7. The maximum absolute atomic E-state index is 12.3. The van der Waals surface area contributed by atoms with Crippen molar-refractivity contribution in [2.75, 3.05) is 0 Å². The van der Waals surface area contributed by atoms with Crippen molar-refractivity contribution in [3.05, 3.63) is 29.3 Å². The van der Waals surface area contributed by atoms with Crippen molar-refractivity contribution in [3.63, 3.8) is 0 Å². The van der Waals surface area contributed by atoms with E-state index in [9.17, 15) is 8.42 Å². The number of rotatable bonds is 4. The molecule has 1 saturated carbocycles. The van der Waals surface area contributed by atoms with Crippen LogP contribution in [0, 0.1) is 12.8 Å². The Morgan fingerprint density at radius 3 is 2.63 bits per heavy atom. The smallest absolute Gasteiger partial charge is 0.240 e. The third-order valence-corrected chi connectivity index (χ3v) is 5.38. The lowest BCUT2D eigenvalue weighted by Gasteiger charge is -2.14. The highest BCUT2D eigenvalue weighted by Gasteiger charge is 2.26. The van der Waals surface area contributed by atoms with Gasteiger partial charge in [0, 0.05) is 12.6 Å². The molecule has 2 atom stereocenters. The fourth-order valence-corrected chi connectivity index (χ4v) is 4.03. The van der Waals surface area contributed by atoms with E-state index < -0.39 is 10.0 Å². The molecule has 0 aromatic heterocycles. The second-order valence-corrected chi connectivity index (χ2v) is 7.24. The van der Waals surface area contributed by atoms with Crippen LogP contribution in [0.15, 0.2) is 23.1 Å². The van der Waals surface area contributed by atoms with E-state index in [-0.39, 0.29) is 6.04 Å². The Balaban J connectivity index is 2.17. The molecule has 2 rings (SSSR count). The number of nitrogens with two attached hydrogens (primary N) is 1. The Morgan fingerprint density at radius 2 is 2.11 bits per heavy atom. The predicted octanol–water partition coefficient (Wildman–Crippen LogP) is 1.92. The topological polar surface area (TPSA) is 72.2 Å². The quantitative estimate of drug-likeness (QED) is 0.886. The van der Waals surface area contributed by atoms with Crippen molar-refractivity contribution in [3.8, 4) is 0 Å². The maximum atomic E-state index is 12.3. The zero-order valence-electron chi connectivity index (χ0n) is 11.5. The van der Waals surface area contributed by atoms with Gasteiger partial charge in [0.05, 0.1) is 4.90 Å². The molecule has 0 heterocycles. The summed E-state index contributed by atoms with van der Waals surface area (Å²) in [5.41, 5.74) is 7.49.